The number of Topliss-reactive ketones (excluding diaryl/α,β-unsaturated/α-hetero) is 1. The number of methoxy groups -OCH3 is 1. The Morgan fingerprint density at radius 2 is 1.19 bits per heavy atom. The summed E-state index contributed by atoms with van der Waals surface area (Å²) in [5, 5.41) is 4.51. The second-order valence-corrected chi connectivity index (χ2v) is 12.0. The van der Waals surface area contributed by atoms with Crippen LogP contribution in [-0.2, 0) is 37.6 Å². The van der Waals surface area contributed by atoms with Crippen molar-refractivity contribution < 1.29 is 19.1 Å². The highest BCUT2D eigenvalue weighted by atomic mass is 35.5. The number of ether oxygens (including phenoxy) is 2. The van der Waals surface area contributed by atoms with E-state index in [9.17, 15) is 9.59 Å². The predicted molar refractivity (Wildman–Crippen MR) is 193 cm³/mol. The summed E-state index contributed by atoms with van der Waals surface area (Å²) in [7, 11) is 1.24. The molecule has 5 rings (SSSR count). The molecule has 48 heavy (non-hydrogen) atoms. The monoisotopic (exact) mass is 677 g/mol. The number of nitrogens with one attached hydrogen (secondary N) is 1. The molecule has 0 radical (unpaired) electrons. The zero-order valence-corrected chi connectivity index (χ0v) is 28.2. The van der Waals surface area contributed by atoms with Gasteiger partial charge in [-0.25, -0.2) is 4.79 Å². The normalized spacial score (nSPS) is 11.7. The lowest BCUT2D eigenvalue weighted by Crippen LogP contribution is -2.46. The van der Waals surface area contributed by atoms with E-state index >= 15 is 0 Å². The van der Waals surface area contributed by atoms with Crippen LogP contribution in [0.5, 0.6) is 0 Å². The number of carbonyl (C=O) groups is 2. The largest absolute Gasteiger partial charge is 0.465 e. The molecule has 0 saturated carbocycles. The first kappa shape index (κ1) is 34.8. The molecule has 5 aromatic carbocycles. The van der Waals surface area contributed by atoms with E-state index in [-0.39, 0.29) is 17.8 Å². The number of carbonyl (C=O) groups excluding carboxylic acids is 2. The number of benzene rings is 5. The molecule has 244 valence electrons. The SMILES string of the molecule is COC(=O)/C(=C/c1c(Cl)cccc1Cl)C(=O)CCc1ccccc1COCCNC(c1ccccc1)(c1ccccc1)c1ccccc1. The molecule has 0 spiro atoms. The smallest absolute Gasteiger partial charge is 0.341 e. The Morgan fingerprint density at radius 3 is 1.71 bits per heavy atom. The molecule has 0 fully saturated rings. The third kappa shape index (κ3) is 8.30. The third-order valence-electron chi connectivity index (χ3n) is 8.25. The van der Waals surface area contributed by atoms with Crippen molar-refractivity contribution >= 4 is 41.0 Å². The van der Waals surface area contributed by atoms with Crippen LogP contribution in [0.4, 0.5) is 0 Å². The molecule has 0 aliphatic carbocycles. The summed E-state index contributed by atoms with van der Waals surface area (Å²) >= 11 is 12.6. The number of halogens is 2. The van der Waals surface area contributed by atoms with Crippen LogP contribution in [0, 0.1) is 0 Å². The molecular formula is C41H37Cl2NO4. The van der Waals surface area contributed by atoms with Crippen LogP contribution >= 0.6 is 23.2 Å². The molecule has 5 aromatic rings. The van der Waals surface area contributed by atoms with Gasteiger partial charge >= 0.3 is 5.97 Å². The Morgan fingerprint density at radius 1 is 0.688 bits per heavy atom. The van der Waals surface area contributed by atoms with Gasteiger partial charge in [0.1, 0.15) is 5.57 Å². The molecule has 0 aliphatic heterocycles. The molecule has 1 N–H and O–H groups in total. The Kier molecular flexibility index (Phi) is 12.4. The van der Waals surface area contributed by atoms with Gasteiger partial charge in [0.2, 0.25) is 0 Å². The van der Waals surface area contributed by atoms with Gasteiger partial charge in [-0.2, -0.15) is 0 Å². The van der Waals surface area contributed by atoms with Crippen LogP contribution in [0.2, 0.25) is 10.0 Å². The average molecular weight is 679 g/mol. The van der Waals surface area contributed by atoms with Gasteiger partial charge in [0.15, 0.2) is 5.78 Å². The summed E-state index contributed by atoms with van der Waals surface area (Å²) in [5.74, 6) is -1.10. The van der Waals surface area contributed by atoms with Gasteiger partial charge in [0.25, 0.3) is 0 Å². The molecule has 0 unspecified atom stereocenters. The van der Waals surface area contributed by atoms with Gasteiger partial charge in [-0.15, -0.1) is 0 Å². The van der Waals surface area contributed by atoms with Crippen molar-refractivity contribution in [2.75, 3.05) is 20.3 Å². The minimum Gasteiger partial charge on any atom is -0.465 e. The Balaban J connectivity index is 1.27. The van der Waals surface area contributed by atoms with E-state index in [1.165, 1.54) is 13.2 Å². The maximum Gasteiger partial charge on any atom is 0.341 e. The minimum atomic E-state index is -0.738. The van der Waals surface area contributed by atoms with Gasteiger partial charge in [-0.1, -0.05) is 145 Å². The summed E-state index contributed by atoms with van der Waals surface area (Å²) in [6.45, 7) is 1.41. The van der Waals surface area contributed by atoms with Crippen LogP contribution in [0.3, 0.4) is 0 Å². The van der Waals surface area contributed by atoms with Crippen molar-refractivity contribution in [3.63, 3.8) is 0 Å². The first-order valence-corrected chi connectivity index (χ1v) is 16.5. The van der Waals surface area contributed by atoms with Crippen molar-refractivity contribution in [1.82, 2.24) is 5.32 Å². The number of hydrogen-bond donors (Lipinski definition) is 1. The van der Waals surface area contributed by atoms with Crippen molar-refractivity contribution in [1.29, 1.82) is 0 Å². The summed E-state index contributed by atoms with van der Waals surface area (Å²) in [4.78, 5) is 25.9. The zero-order chi connectivity index (χ0) is 33.8. The maximum atomic E-state index is 13.3. The predicted octanol–water partition coefficient (Wildman–Crippen LogP) is 8.85. The molecule has 0 bridgehead atoms. The van der Waals surface area contributed by atoms with Gasteiger partial charge < -0.3 is 9.47 Å². The Bertz CT molecular complexity index is 1730. The lowest BCUT2D eigenvalue weighted by Gasteiger charge is -2.37. The molecule has 0 heterocycles. The fraction of sp³-hybridized carbons (Fsp3) is 0.171. The third-order valence-corrected chi connectivity index (χ3v) is 8.91. The van der Waals surface area contributed by atoms with Crippen LogP contribution < -0.4 is 5.32 Å². The lowest BCUT2D eigenvalue weighted by atomic mass is 9.77. The van der Waals surface area contributed by atoms with E-state index in [1.54, 1.807) is 18.2 Å². The van der Waals surface area contributed by atoms with Crippen LogP contribution in [0.15, 0.2) is 139 Å². The highest BCUT2D eigenvalue weighted by Gasteiger charge is 2.35. The Labute approximate surface area is 292 Å². The zero-order valence-electron chi connectivity index (χ0n) is 26.7. The first-order valence-electron chi connectivity index (χ1n) is 15.8. The van der Waals surface area contributed by atoms with Crippen molar-refractivity contribution in [3.05, 3.63) is 182 Å². The lowest BCUT2D eigenvalue weighted by molar-refractivity contribution is -0.137. The second-order valence-electron chi connectivity index (χ2n) is 11.2. The quantitative estimate of drug-likeness (QED) is 0.0300. The van der Waals surface area contributed by atoms with E-state index in [0.29, 0.717) is 41.8 Å². The first-order chi connectivity index (χ1) is 23.4. The minimum absolute atomic E-state index is 0.0926. The standard InChI is InChI=1S/C41H37Cl2NO4/c1-47-40(46)36(28-35-37(42)22-13-23-38(35)43)39(45)25-24-30-14-11-12-15-31(30)29-48-27-26-44-41(32-16-5-2-6-17-32,33-18-7-3-8-19-33)34-20-9-4-10-21-34/h2-23,28,44H,24-27,29H2,1H3/b36-28+. The fourth-order valence-electron chi connectivity index (χ4n) is 5.84. The van der Waals surface area contributed by atoms with E-state index in [4.69, 9.17) is 32.7 Å². The summed E-state index contributed by atoms with van der Waals surface area (Å²) < 4.78 is 11.1. The summed E-state index contributed by atoms with van der Waals surface area (Å²) in [6.07, 6.45) is 1.91. The van der Waals surface area contributed by atoms with E-state index in [1.807, 2.05) is 42.5 Å². The second kappa shape index (κ2) is 17.0. The van der Waals surface area contributed by atoms with Gasteiger partial charge in [0, 0.05) is 28.6 Å². The average Bonchev–Trinajstić information content (AvgIpc) is 3.13. The number of rotatable bonds is 15. The topological polar surface area (TPSA) is 64.6 Å². The number of ketones is 1. The van der Waals surface area contributed by atoms with Crippen molar-refractivity contribution in [3.8, 4) is 0 Å². The van der Waals surface area contributed by atoms with E-state index in [2.05, 4.69) is 78.1 Å². The highest BCUT2D eigenvalue weighted by molar-refractivity contribution is 6.37. The molecule has 0 amide bonds. The molecule has 5 nitrogen and oxygen atoms in total. The maximum absolute atomic E-state index is 13.3. The van der Waals surface area contributed by atoms with Gasteiger partial charge in [-0.05, 0) is 52.4 Å². The molecule has 0 atom stereocenters. The number of esters is 1. The van der Waals surface area contributed by atoms with Crippen LogP contribution in [0.25, 0.3) is 6.08 Å². The number of hydrogen-bond acceptors (Lipinski definition) is 5. The van der Waals surface area contributed by atoms with E-state index < -0.39 is 11.5 Å². The van der Waals surface area contributed by atoms with Gasteiger partial charge in [-0.3, -0.25) is 10.1 Å². The van der Waals surface area contributed by atoms with E-state index in [0.717, 1.165) is 27.8 Å². The molecule has 0 saturated heterocycles. The Hall–Kier alpha value is -4.52. The summed E-state index contributed by atoms with van der Waals surface area (Å²) in [6, 6.07) is 44.2. The van der Waals surface area contributed by atoms with Gasteiger partial charge in [0.05, 0.1) is 25.9 Å². The summed E-state index contributed by atoms with van der Waals surface area (Å²) in [5.41, 5.74) is 5.05. The van der Waals surface area contributed by atoms with Crippen LogP contribution in [0.1, 0.15) is 39.8 Å². The fourth-order valence-corrected chi connectivity index (χ4v) is 6.35. The van der Waals surface area contributed by atoms with Crippen molar-refractivity contribution in [2.24, 2.45) is 0 Å². The molecule has 7 heteroatoms. The highest BCUT2D eigenvalue weighted by Crippen LogP contribution is 2.36. The molecule has 0 aliphatic rings. The molecular weight excluding hydrogens is 641 g/mol. The van der Waals surface area contributed by atoms with Crippen molar-refractivity contribution in [2.45, 2.75) is 25.0 Å². The van der Waals surface area contributed by atoms with Crippen LogP contribution in [-0.4, -0.2) is 32.0 Å². The number of aryl methyl sites for hydroxylation is 1. The molecule has 0 aromatic heterocycles.